The van der Waals surface area contributed by atoms with Gasteiger partial charge in [-0.1, -0.05) is 34.1 Å². The van der Waals surface area contributed by atoms with Crippen molar-refractivity contribution < 1.29 is 4.79 Å². The predicted octanol–water partition coefficient (Wildman–Crippen LogP) is 2.45. The highest BCUT2D eigenvalue weighted by molar-refractivity contribution is 5.84. The largest absolute Gasteiger partial charge is 0.368 e. The van der Waals surface area contributed by atoms with E-state index in [9.17, 15) is 4.79 Å². The lowest BCUT2D eigenvalue weighted by Gasteiger charge is -2.32. The van der Waals surface area contributed by atoms with E-state index in [1.807, 2.05) is 0 Å². The van der Waals surface area contributed by atoms with Crippen molar-refractivity contribution in [1.29, 1.82) is 0 Å². The zero-order chi connectivity index (χ0) is 13.1. The van der Waals surface area contributed by atoms with Gasteiger partial charge >= 0.3 is 0 Å². The van der Waals surface area contributed by atoms with Crippen molar-refractivity contribution in [1.82, 2.24) is 5.32 Å². The van der Waals surface area contributed by atoms with Crippen molar-refractivity contribution in [3.8, 4) is 0 Å². The first kappa shape index (κ1) is 14.5. The standard InChI is InChI=1S/C14H28N2O/c1-11(2)10-16-14(12(15)17)7-5-6-13(3,4)8-9-14/h11,16H,5-10H2,1-4H3,(H2,15,17). The molecule has 0 aromatic rings. The lowest BCUT2D eigenvalue weighted by Crippen LogP contribution is -2.56. The highest BCUT2D eigenvalue weighted by Crippen LogP contribution is 2.38. The third-order valence-corrected chi connectivity index (χ3v) is 4.01. The molecule has 0 aliphatic heterocycles. The Hall–Kier alpha value is -0.570. The first-order valence-corrected chi connectivity index (χ1v) is 6.82. The van der Waals surface area contributed by atoms with Crippen LogP contribution in [0.4, 0.5) is 0 Å². The average molecular weight is 240 g/mol. The van der Waals surface area contributed by atoms with E-state index in [1.54, 1.807) is 0 Å². The molecule has 0 bridgehead atoms. The second kappa shape index (κ2) is 5.38. The van der Waals surface area contributed by atoms with Crippen LogP contribution in [0.2, 0.25) is 0 Å². The van der Waals surface area contributed by atoms with E-state index in [-0.39, 0.29) is 5.91 Å². The van der Waals surface area contributed by atoms with Crippen LogP contribution < -0.4 is 11.1 Å². The van der Waals surface area contributed by atoms with Crippen LogP contribution >= 0.6 is 0 Å². The summed E-state index contributed by atoms with van der Waals surface area (Å²) in [6.07, 6.45) is 5.11. The SMILES string of the molecule is CC(C)CNC1(C(N)=O)CCCC(C)(C)CC1. The summed E-state index contributed by atoms with van der Waals surface area (Å²) in [4.78, 5) is 11.8. The van der Waals surface area contributed by atoms with Gasteiger partial charge in [0.15, 0.2) is 0 Å². The number of primary amides is 1. The Morgan fingerprint density at radius 1 is 1.24 bits per heavy atom. The molecule has 0 radical (unpaired) electrons. The number of hydrogen-bond acceptors (Lipinski definition) is 2. The Balaban J connectivity index is 2.74. The fourth-order valence-corrected chi connectivity index (χ4v) is 2.58. The van der Waals surface area contributed by atoms with Gasteiger partial charge in [-0.3, -0.25) is 4.79 Å². The van der Waals surface area contributed by atoms with Gasteiger partial charge in [0.25, 0.3) is 0 Å². The van der Waals surface area contributed by atoms with Gasteiger partial charge in [-0.05, 0) is 43.6 Å². The molecule has 3 nitrogen and oxygen atoms in total. The molecular weight excluding hydrogens is 212 g/mol. The van der Waals surface area contributed by atoms with Crippen LogP contribution in [-0.4, -0.2) is 18.0 Å². The monoisotopic (exact) mass is 240 g/mol. The Kier molecular flexibility index (Phi) is 4.59. The molecule has 1 rings (SSSR count). The minimum Gasteiger partial charge on any atom is -0.368 e. The molecule has 1 amide bonds. The number of amides is 1. The van der Waals surface area contributed by atoms with E-state index >= 15 is 0 Å². The summed E-state index contributed by atoms with van der Waals surface area (Å²) in [7, 11) is 0. The maximum atomic E-state index is 11.8. The van der Waals surface area contributed by atoms with Crippen LogP contribution in [0.15, 0.2) is 0 Å². The molecule has 100 valence electrons. The summed E-state index contributed by atoms with van der Waals surface area (Å²) in [5, 5.41) is 3.44. The molecule has 1 saturated carbocycles. The van der Waals surface area contributed by atoms with Crippen molar-refractivity contribution in [3.05, 3.63) is 0 Å². The molecule has 3 N–H and O–H groups in total. The molecule has 0 aromatic heterocycles. The van der Waals surface area contributed by atoms with Crippen LogP contribution in [0.1, 0.15) is 59.8 Å². The number of nitrogens with two attached hydrogens (primary N) is 1. The third kappa shape index (κ3) is 3.98. The van der Waals surface area contributed by atoms with Gasteiger partial charge < -0.3 is 11.1 Å². The summed E-state index contributed by atoms with van der Waals surface area (Å²) < 4.78 is 0. The molecule has 3 heteroatoms. The summed E-state index contributed by atoms with van der Waals surface area (Å²) in [5.41, 5.74) is 5.53. The molecule has 1 atom stereocenters. The van der Waals surface area contributed by atoms with Gasteiger partial charge in [0.05, 0.1) is 5.54 Å². The normalized spacial score (nSPS) is 29.0. The van der Waals surface area contributed by atoms with E-state index in [4.69, 9.17) is 5.73 Å². The molecule has 17 heavy (non-hydrogen) atoms. The average Bonchev–Trinajstić information content (AvgIpc) is 2.35. The summed E-state index contributed by atoms with van der Waals surface area (Å²) in [6, 6.07) is 0. The van der Waals surface area contributed by atoms with Crippen LogP contribution in [0.3, 0.4) is 0 Å². The van der Waals surface area contributed by atoms with Crippen LogP contribution in [0.25, 0.3) is 0 Å². The van der Waals surface area contributed by atoms with Gasteiger partial charge in [-0.25, -0.2) is 0 Å². The summed E-state index contributed by atoms with van der Waals surface area (Å²) >= 11 is 0. The highest BCUT2D eigenvalue weighted by atomic mass is 16.1. The molecule has 1 aliphatic rings. The molecule has 1 aliphatic carbocycles. The van der Waals surface area contributed by atoms with Crippen LogP contribution in [0, 0.1) is 11.3 Å². The molecule has 1 unspecified atom stereocenters. The maximum Gasteiger partial charge on any atom is 0.237 e. The van der Waals surface area contributed by atoms with Crippen molar-refractivity contribution in [2.75, 3.05) is 6.54 Å². The third-order valence-electron chi connectivity index (χ3n) is 4.01. The highest BCUT2D eigenvalue weighted by Gasteiger charge is 2.39. The van der Waals surface area contributed by atoms with Crippen LogP contribution in [0.5, 0.6) is 0 Å². The number of carbonyl (C=O) groups is 1. The fraction of sp³-hybridized carbons (Fsp3) is 0.929. The summed E-state index contributed by atoms with van der Waals surface area (Å²) in [6.45, 7) is 9.74. The van der Waals surface area contributed by atoms with Gasteiger partial charge in [0.1, 0.15) is 0 Å². The van der Waals surface area contributed by atoms with E-state index in [1.165, 1.54) is 6.42 Å². The Bertz CT molecular complexity index is 273. The molecule has 1 fully saturated rings. The van der Waals surface area contributed by atoms with Crippen LogP contribution in [-0.2, 0) is 4.79 Å². The molecule has 0 saturated heterocycles. The smallest absolute Gasteiger partial charge is 0.237 e. The second-order valence-electron chi connectivity index (χ2n) is 6.74. The van der Waals surface area contributed by atoms with E-state index in [2.05, 4.69) is 33.0 Å². The van der Waals surface area contributed by atoms with Crippen molar-refractivity contribution in [2.24, 2.45) is 17.1 Å². The van der Waals surface area contributed by atoms with E-state index in [0.717, 1.165) is 32.2 Å². The lowest BCUT2D eigenvalue weighted by molar-refractivity contribution is -0.125. The fourth-order valence-electron chi connectivity index (χ4n) is 2.58. The van der Waals surface area contributed by atoms with Crippen molar-refractivity contribution in [2.45, 2.75) is 65.3 Å². The zero-order valence-electron chi connectivity index (χ0n) is 11.8. The molecule has 0 heterocycles. The van der Waals surface area contributed by atoms with Gasteiger partial charge in [0.2, 0.25) is 5.91 Å². The Labute approximate surface area is 106 Å². The summed E-state index contributed by atoms with van der Waals surface area (Å²) in [5.74, 6) is 0.373. The zero-order valence-corrected chi connectivity index (χ0v) is 11.8. The van der Waals surface area contributed by atoms with Crippen molar-refractivity contribution >= 4 is 5.91 Å². The predicted molar refractivity (Wildman–Crippen MR) is 71.6 cm³/mol. The van der Waals surface area contributed by atoms with E-state index < -0.39 is 5.54 Å². The minimum atomic E-state index is -0.460. The number of rotatable bonds is 4. The van der Waals surface area contributed by atoms with E-state index in [0.29, 0.717) is 11.3 Å². The quantitative estimate of drug-likeness (QED) is 0.742. The number of carbonyl (C=O) groups excluding carboxylic acids is 1. The lowest BCUT2D eigenvalue weighted by atomic mass is 9.83. The second-order valence-corrected chi connectivity index (χ2v) is 6.74. The number of nitrogens with one attached hydrogen (secondary N) is 1. The van der Waals surface area contributed by atoms with Gasteiger partial charge in [-0.2, -0.15) is 0 Å². The van der Waals surface area contributed by atoms with Gasteiger partial charge in [0, 0.05) is 0 Å². The Morgan fingerprint density at radius 2 is 1.88 bits per heavy atom. The first-order valence-electron chi connectivity index (χ1n) is 6.82. The number of hydrogen-bond donors (Lipinski definition) is 2. The molecular formula is C14H28N2O. The molecule has 0 spiro atoms. The first-order chi connectivity index (χ1) is 7.77. The van der Waals surface area contributed by atoms with Gasteiger partial charge in [-0.15, -0.1) is 0 Å². The van der Waals surface area contributed by atoms with Crippen molar-refractivity contribution in [3.63, 3.8) is 0 Å². The minimum absolute atomic E-state index is 0.171. The topological polar surface area (TPSA) is 55.1 Å². The molecule has 0 aromatic carbocycles. The Morgan fingerprint density at radius 3 is 2.41 bits per heavy atom. The maximum absolute atomic E-state index is 11.8.